The zero-order chi connectivity index (χ0) is 30.0. The van der Waals surface area contributed by atoms with Gasteiger partial charge in [0.25, 0.3) is 0 Å². The maximum atomic E-state index is 12.2. The molecular weight excluding hydrogens is 544 g/mol. The monoisotopic (exact) mass is 580 g/mol. The molecule has 2 N–H and O–H groups in total. The number of para-hydroxylation sites is 2. The minimum atomic E-state index is -0.278. The minimum Gasteiger partial charge on any atom is -0.495 e. The molecule has 0 saturated carbocycles. The molecule has 0 aliphatic carbocycles. The van der Waals surface area contributed by atoms with Gasteiger partial charge in [-0.1, -0.05) is 24.3 Å². The second-order valence-electron chi connectivity index (χ2n) is 10.6. The molecule has 0 unspecified atom stereocenters. The van der Waals surface area contributed by atoms with Gasteiger partial charge >= 0.3 is 24.0 Å². The number of methoxy groups -OCH3 is 2. The molecule has 6 rings (SSSR count). The molecule has 4 aliphatic rings. The summed E-state index contributed by atoms with van der Waals surface area (Å²) in [5, 5.41) is 5.78. The third-order valence-corrected chi connectivity index (χ3v) is 8.03. The second kappa shape index (κ2) is 12.2. The number of urea groups is 2. The molecule has 2 fully saturated rings. The van der Waals surface area contributed by atoms with E-state index in [-0.39, 0.29) is 48.3 Å². The number of piperidine rings is 2. The quantitative estimate of drug-likeness (QED) is 0.500. The van der Waals surface area contributed by atoms with Gasteiger partial charge in [-0.15, -0.1) is 0 Å². The molecule has 4 heterocycles. The second-order valence-corrected chi connectivity index (χ2v) is 10.6. The number of anilines is 2. The van der Waals surface area contributed by atoms with Crippen molar-refractivity contribution in [2.75, 3.05) is 37.9 Å². The summed E-state index contributed by atoms with van der Waals surface area (Å²) in [6.07, 6.45) is 2.29. The average Bonchev–Trinajstić information content (AvgIpc) is 2.96. The highest BCUT2D eigenvalue weighted by molar-refractivity contribution is 5.96. The molecule has 4 amide bonds. The van der Waals surface area contributed by atoms with E-state index in [0.29, 0.717) is 50.3 Å². The van der Waals surface area contributed by atoms with Crippen LogP contribution in [0.1, 0.15) is 62.7 Å². The number of hydrogen-bond donors (Lipinski definition) is 2. The summed E-state index contributed by atoms with van der Waals surface area (Å²) < 4.78 is 21.3. The number of carbonyl (C=O) groups is 4. The van der Waals surface area contributed by atoms with Gasteiger partial charge in [0.15, 0.2) is 0 Å². The van der Waals surface area contributed by atoms with Crippen molar-refractivity contribution in [3.63, 3.8) is 0 Å². The maximum Gasteiger partial charge on any atom is 0.322 e. The van der Waals surface area contributed by atoms with E-state index >= 15 is 0 Å². The first-order valence-electron chi connectivity index (χ1n) is 14.0. The number of benzene rings is 2. The largest absolute Gasteiger partial charge is 0.495 e. The average molecular weight is 581 g/mol. The van der Waals surface area contributed by atoms with E-state index in [9.17, 15) is 19.2 Å². The van der Waals surface area contributed by atoms with E-state index in [1.54, 1.807) is 24.0 Å². The summed E-state index contributed by atoms with van der Waals surface area (Å²) in [6, 6.07) is 11.0. The van der Waals surface area contributed by atoms with Crippen molar-refractivity contribution in [3.05, 3.63) is 47.5 Å². The normalized spacial score (nSPS) is 23.7. The Balaban J connectivity index is 0.000000168. The third kappa shape index (κ3) is 5.79. The van der Waals surface area contributed by atoms with Crippen molar-refractivity contribution >= 4 is 35.4 Å². The first-order valence-corrected chi connectivity index (χ1v) is 14.0. The highest BCUT2D eigenvalue weighted by Gasteiger charge is 2.40. The van der Waals surface area contributed by atoms with E-state index in [1.807, 2.05) is 36.4 Å². The van der Waals surface area contributed by atoms with E-state index in [2.05, 4.69) is 10.6 Å². The zero-order valence-corrected chi connectivity index (χ0v) is 24.2. The Morgan fingerprint density at radius 1 is 0.714 bits per heavy atom. The Morgan fingerprint density at radius 2 is 1.12 bits per heavy atom. The van der Waals surface area contributed by atoms with Gasteiger partial charge in [0.1, 0.15) is 23.7 Å². The number of nitrogens with zero attached hydrogens (tertiary/aromatic N) is 2. The van der Waals surface area contributed by atoms with Crippen molar-refractivity contribution in [1.82, 2.24) is 9.80 Å². The molecule has 0 bridgehead atoms. The van der Waals surface area contributed by atoms with Crippen LogP contribution in [0.2, 0.25) is 0 Å². The van der Waals surface area contributed by atoms with Crippen LogP contribution in [0.5, 0.6) is 11.5 Å². The van der Waals surface area contributed by atoms with Crippen LogP contribution >= 0.6 is 0 Å². The molecular formula is C30H36N4O8. The summed E-state index contributed by atoms with van der Waals surface area (Å²) in [4.78, 5) is 50.4. The van der Waals surface area contributed by atoms with Crippen molar-refractivity contribution in [2.45, 2.75) is 63.8 Å². The van der Waals surface area contributed by atoms with Gasteiger partial charge in [-0.3, -0.25) is 9.59 Å². The van der Waals surface area contributed by atoms with Gasteiger partial charge in [0, 0.05) is 63.7 Å². The summed E-state index contributed by atoms with van der Waals surface area (Å²) in [5.74, 6) is 0.740. The first kappa shape index (κ1) is 29.0. The summed E-state index contributed by atoms with van der Waals surface area (Å²) in [7, 11) is 3.16. The van der Waals surface area contributed by atoms with Crippen molar-refractivity contribution < 1.29 is 38.1 Å². The van der Waals surface area contributed by atoms with Gasteiger partial charge in [-0.2, -0.15) is 0 Å². The van der Waals surface area contributed by atoms with Crippen molar-refractivity contribution in [2.24, 2.45) is 0 Å². The molecule has 12 heteroatoms. The lowest BCUT2D eigenvalue weighted by molar-refractivity contribution is -0.150. The zero-order valence-electron chi connectivity index (χ0n) is 24.2. The molecule has 0 aromatic heterocycles. The predicted molar refractivity (Wildman–Crippen MR) is 152 cm³/mol. The lowest BCUT2D eigenvalue weighted by Gasteiger charge is -2.43. The van der Waals surface area contributed by atoms with Crippen LogP contribution < -0.4 is 20.1 Å². The van der Waals surface area contributed by atoms with Crippen LogP contribution in [0, 0.1) is 0 Å². The fraction of sp³-hybridized carbons (Fsp3) is 0.467. The summed E-state index contributed by atoms with van der Waals surface area (Å²) in [5.41, 5.74) is 3.45. The lowest BCUT2D eigenvalue weighted by atomic mass is 9.90. The molecule has 0 radical (unpaired) electrons. The van der Waals surface area contributed by atoms with Crippen LogP contribution in [0.3, 0.4) is 0 Å². The SMILES string of the molecule is COc1cccc2c1NC(=O)N1CC[C@H](OC(C)=O)C[C@H]21.COc1cccc2c1NC(=O)N1CC[C@H](OC(C)=O)C[C@H]21. The Hall–Kier alpha value is -4.48. The van der Waals surface area contributed by atoms with E-state index < -0.39 is 0 Å². The Bertz CT molecular complexity index is 1280. The highest BCUT2D eigenvalue weighted by Crippen LogP contribution is 2.44. The Morgan fingerprint density at radius 3 is 1.48 bits per heavy atom. The first-order chi connectivity index (χ1) is 20.2. The third-order valence-electron chi connectivity index (χ3n) is 8.03. The smallest absolute Gasteiger partial charge is 0.322 e. The number of ether oxygens (including phenoxy) is 4. The maximum absolute atomic E-state index is 12.2. The molecule has 4 aliphatic heterocycles. The van der Waals surface area contributed by atoms with Crippen LogP contribution in [0.4, 0.5) is 21.0 Å². The van der Waals surface area contributed by atoms with Crippen LogP contribution in [-0.2, 0) is 19.1 Å². The summed E-state index contributed by atoms with van der Waals surface area (Å²) >= 11 is 0. The highest BCUT2D eigenvalue weighted by atomic mass is 16.5. The summed E-state index contributed by atoms with van der Waals surface area (Å²) in [6.45, 7) is 3.98. The van der Waals surface area contributed by atoms with Crippen LogP contribution in [0.25, 0.3) is 0 Å². The number of fused-ring (bicyclic) bond motifs is 6. The predicted octanol–water partition coefficient (Wildman–Crippen LogP) is 4.62. The standard InChI is InChI=1S/2C15H18N2O4/c2*1-9(18)21-10-6-7-17-12(8-10)11-4-3-5-13(20-2)14(11)16-15(17)19/h2*3-5,10,12H,6-8H2,1-2H3,(H,16,19)/t2*10-,12+/m00/s1. The molecule has 4 atom stereocenters. The lowest BCUT2D eigenvalue weighted by Crippen LogP contribution is -2.48. The number of hydrogen-bond acceptors (Lipinski definition) is 8. The molecule has 0 spiro atoms. The van der Waals surface area contributed by atoms with Crippen LogP contribution in [-0.4, -0.2) is 73.3 Å². The number of esters is 2. The molecule has 224 valence electrons. The van der Waals surface area contributed by atoms with E-state index in [1.165, 1.54) is 13.8 Å². The molecule has 2 aromatic rings. The van der Waals surface area contributed by atoms with Gasteiger partial charge in [-0.05, 0) is 12.1 Å². The molecule has 2 saturated heterocycles. The number of nitrogens with one attached hydrogen (secondary N) is 2. The van der Waals surface area contributed by atoms with Gasteiger partial charge in [-0.25, -0.2) is 9.59 Å². The minimum absolute atomic E-state index is 0.0815. The van der Waals surface area contributed by atoms with Gasteiger partial charge in [0.2, 0.25) is 0 Å². The van der Waals surface area contributed by atoms with Gasteiger partial charge < -0.3 is 39.4 Å². The number of amides is 4. The van der Waals surface area contributed by atoms with E-state index in [4.69, 9.17) is 18.9 Å². The fourth-order valence-electron chi connectivity index (χ4n) is 6.24. The topological polar surface area (TPSA) is 136 Å². The van der Waals surface area contributed by atoms with Crippen molar-refractivity contribution in [1.29, 1.82) is 0 Å². The molecule has 2 aromatic carbocycles. The van der Waals surface area contributed by atoms with Crippen molar-refractivity contribution in [3.8, 4) is 11.5 Å². The molecule has 42 heavy (non-hydrogen) atoms. The van der Waals surface area contributed by atoms with Gasteiger partial charge in [0.05, 0.1) is 37.7 Å². The fourth-order valence-corrected chi connectivity index (χ4v) is 6.24. The van der Waals surface area contributed by atoms with E-state index in [0.717, 1.165) is 22.5 Å². The number of carbonyl (C=O) groups excluding carboxylic acids is 4. The number of rotatable bonds is 4. The molecule has 12 nitrogen and oxygen atoms in total. The Labute approximate surface area is 244 Å². The Kier molecular flexibility index (Phi) is 8.41. The van der Waals surface area contributed by atoms with Crippen LogP contribution in [0.15, 0.2) is 36.4 Å².